The summed E-state index contributed by atoms with van der Waals surface area (Å²) in [4.78, 5) is 15.6. The molecule has 1 aliphatic heterocycles. The Morgan fingerprint density at radius 3 is 2.04 bits per heavy atom. The van der Waals surface area contributed by atoms with Gasteiger partial charge in [0, 0.05) is 23.7 Å². The molecule has 2 aromatic rings. The molecule has 2 nitrogen and oxygen atoms in total. The maximum absolute atomic E-state index is 13.2. The van der Waals surface area contributed by atoms with E-state index in [-0.39, 0.29) is 22.8 Å². The smallest absolute Gasteiger partial charge is 0.171 e. The lowest BCUT2D eigenvalue weighted by molar-refractivity contribution is -0.0951. The first kappa shape index (κ1) is 15.9. The van der Waals surface area contributed by atoms with Crippen LogP contribution in [0.25, 0.3) is 0 Å². The van der Waals surface area contributed by atoms with Crippen molar-refractivity contribution >= 4 is 5.78 Å². The third kappa shape index (κ3) is 2.72. The summed E-state index contributed by atoms with van der Waals surface area (Å²) in [7, 11) is 0. The minimum atomic E-state index is -0.379. The largest absolute Gasteiger partial charge is 0.293 e. The van der Waals surface area contributed by atoms with Crippen LogP contribution >= 0.6 is 0 Å². The third-order valence-corrected chi connectivity index (χ3v) is 4.95. The number of ketones is 1. The van der Waals surface area contributed by atoms with Gasteiger partial charge >= 0.3 is 0 Å². The van der Waals surface area contributed by atoms with Crippen molar-refractivity contribution < 1.29 is 4.79 Å². The fraction of sp³-hybridized carbons (Fsp3) is 0.381. The Morgan fingerprint density at radius 2 is 1.52 bits per heavy atom. The maximum atomic E-state index is 13.2. The van der Waals surface area contributed by atoms with Crippen molar-refractivity contribution in [3.05, 3.63) is 71.8 Å². The Bertz CT molecular complexity index is 687. The molecule has 2 heteroatoms. The minimum Gasteiger partial charge on any atom is -0.293 e. The van der Waals surface area contributed by atoms with E-state index in [9.17, 15) is 4.79 Å². The number of Topliss-reactive ketones (excluding diaryl/α,β-unsaturated/α-hetero) is 1. The van der Waals surface area contributed by atoms with Crippen LogP contribution in [0.4, 0.5) is 0 Å². The molecule has 2 atom stereocenters. The number of benzene rings is 2. The van der Waals surface area contributed by atoms with Crippen molar-refractivity contribution in [1.29, 1.82) is 0 Å². The number of hydrogen-bond donors (Lipinski definition) is 0. The summed E-state index contributed by atoms with van der Waals surface area (Å²) in [6.07, 6.45) is 0. The van der Waals surface area contributed by atoms with Gasteiger partial charge in [0.05, 0.1) is 5.41 Å². The van der Waals surface area contributed by atoms with Crippen LogP contribution in [0.2, 0.25) is 0 Å². The van der Waals surface area contributed by atoms with Gasteiger partial charge in [-0.1, -0.05) is 60.7 Å². The van der Waals surface area contributed by atoms with Crippen LogP contribution in [0.15, 0.2) is 60.7 Å². The summed E-state index contributed by atoms with van der Waals surface area (Å²) in [5.74, 6) is 0.243. The van der Waals surface area contributed by atoms with E-state index in [0.29, 0.717) is 0 Å². The van der Waals surface area contributed by atoms with Crippen molar-refractivity contribution in [1.82, 2.24) is 4.90 Å². The molecule has 0 spiro atoms. The monoisotopic (exact) mass is 307 g/mol. The number of carbonyl (C=O) groups is 1. The second-order valence-electron chi connectivity index (χ2n) is 7.72. The highest BCUT2D eigenvalue weighted by Gasteiger charge is 2.57. The van der Waals surface area contributed by atoms with Crippen molar-refractivity contribution in [2.45, 2.75) is 39.3 Å². The van der Waals surface area contributed by atoms with E-state index in [1.165, 1.54) is 5.56 Å². The van der Waals surface area contributed by atoms with Gasteiger partial charge in [-0.05, 0) is 33.3 Å². The van der Waals surface area contributed by atoms with Crippen molar-refractivity contribution in [3.63, 3.8) is 0 Å². The second kappa shape index (κ2) is 5.61. The average Bonchev–Trinajstić information content (AvgIpc) is 2.52. The first-order valence-electron chi connectivity index (χ1n) is 8.25. The van der Waals surface area contributed by atoms with Gasteiger partial charge in [0.25, 0.3) is 0 Å². The Hall–Kier alpha value is -1.93. The van der Waals surface area contributed by atoms with Crippen molar-refractivity contribution in [3.8, 4) is 0 Å². The number of hydrogen-bond acceptors (Lipinski definition) is 2. The van der Waals surface area contributed by atoms with Gasteiger partial charge in [0.1, 0.15) is 0 Å². The van der Waals surface area contributed by atoms with E-state index < -0.39 is 0 Å². The fourth-order valence-electron chi connectivity index (χ4n) is 3.69. The van der Waals surface area contributed by atoms with Crippen LogP contribution in [-0.4, -0.2) is 22.8 Å². The molecule has 3 rings (SSSR count). The summed E-state index contributed by atoms with van der Waals surface area (Å²) in [5, 5.41) is 0. The SMILES string of the molecule is CC1(C(=O)c2ccccc2)CN(C(C)(C)C)C1c1ccccc1. The molecule has 1 aliphatic rings. The molecule has 120 valence electrons. The van der Waals surface area contributed by atoms with E-state index in [2.05, 4.69) is 56.9 Å². The van der Waals surface area contributed by atoms with Crippen molar-refractivity contribution in [2.75, 3.05) is 6.54 Å². The molecule has 23 heavy (non-hydrogen) atoms. The quantitative estimate of drug-likeness (QED) is 0.764. The highest BCUT2D eigenvalue weighted by atomic mass is 16.1. The minimum absolute atomic E-state index is 0.0387. The van der Waals surface area contributed by atoms with Gasteiger partial charge in [-0.15, -0.1) is 0 Å². The average molecular weight is 307 g/mol. The van der Waals surface area contributed by atoms with Crippen LogP contribution in [-0.2, 0) is 0 Å². The Kier molecular flexibility index (Phi) is 3.89. The molecule has 2 unspecified atom stereocenters. The molecule has 0 radical (unpaired) electrons. The molecular weight excluding hydrogens is 282 g/mol. The molecule has 1 heterocycles. The summed E-state index contributed by atoms with van der Waals surface area (Å²) in [6.45, 7) is 9.56. The molecule has 1 saturated heterocycles. The molecule has 0 bridgehead atoms. The van der Waals surface area contributed by atoms with E-state index in [1.807, 2.05) is 36.4 Å². The number of likely N-dealkylation sites (tertiary alicyclic amines) is 1. The molecule has 0 aromatic heterocycles. The van der Waals surface area contributed by atoms with Gasteiger partial charge in [0.2, 0.25) is 0 Å². The van der Waals surface area contributed by atoms with Gasteiger partial charge in [-0.25, -0.2) is 0 Å². The molecule has 0 saturated carbocycles. The lowest BCUT2D eigenvalue weighted by atomic mass is 9.64. The molecule has 0 N–H and O–H groups in total. The Balaban J connectivity index is 2.00. The standard InChI is InChI=1S/C21H25NO/c1-20(2,3)22-15-21(4,18(22)16-11-7-5-8-12-16)19(23)17-13-9-6-10-14-17/h5-14,18H,15H2,1-4H3. The zero-order valence-corrected chi connectivity index (χ0v) is 14.4. The van der Waals surface area contributed by atoms with Gasteiger partial charge < -0.3 is 0 Å². The first-order valence-corrected chi connectivity index (χ1v) is 8.25. The van der Waals surface area contributed by atoms with E-state index in [4.69, 9.17) is 0 Å². The van der Waals surface area contributed by atoms with Crippen LogP contribution in [0.5, 0.6) is 0 Å². The Labute approximate surface area is 139 Å². The van der Waals surface area contributed by atoms with Crippen LogP contribution in [0, 0.1) is 5.41 Å². The van der Waals surface area contributed by atoms with E-state index in [0.717, 1.165) is 12.1 Å². The molecule has 2 aromatic carbocycles. The number of nitrogens with zero attached hydrogens (tertiary/aromatic N) is 1. The van der Waals surface area contributed by atoms with Crippen LogP contribution in [0.1, 0.15) is 49.7 Å². The number of rotatable bonds is 3. The fourth-order valence-corrected chi connectivity index (χ4v) is 3.69. The summed E-state index contributed by atoms with van der Waals surface area (Å²) in [6, 6.07) is 20.2. The Morgan fingerprint density at radius 1 is 1.00 bits per heavy atom. The predicted molar refractivity (Wildman–Crippen MR) is 94.5 cm³/mol. The van der Waals surface area contributed by atoms with Gasteiger partial charge in [-0.2, -0.15) is 0 Å². The lowest BCUT2D eigenvalue weighted by Gasteiger charge is -2.60. The van der Waals surface area contributed by atoms with Crippen molar-refractivity contribution in [2.24, 2.45) is 5.41 Å². The normalized spacial score (nSPS) is 25.0. The summed E-state index contributed by atoms with van der Waals surface area (Å²) < 4.78 is 0. The molecule has 0 amide bonds. The molecule has 1 fully saturated rings. The highest BCUT2D eigenvalue weighted by molar-refractivity contribution is 6.01. The van der Waals surface area contributed by atoms with Gasteiger partial charge in [-0.3, -0.25) is 9.69 Å². The summed E-state index contributed by atoms with van der Waals surface area (Å²) in [5.41, 5.74) is 1.69. The topological polar surface area (TPSA) is 20.3 Å². The third-order valence-electron chi connectivity index (χ3n) is 4.95. The van der Waals surface area contributed by atoms with Crippen LogP contribution < -0.4 is 0 Å². The van der Waals surface area contributed by atoms with E-state index >= 15 is 0 Å². The predicted octanol–water partition coefficient (Wildman–Crippen LogP) is 4.73. The first-order chi connectivity index (χ1) is 10.8. The molecule has 0 aliphatic carbocycles. The lowest BCUT2D eigenvalue weighted by Crippen LogP contribution is -2.66. The maximum Gasteiger partial charge on any atom is 0.171 e. The number of carbonyl (C=O) groups excluding carboxylic acids is 1. The zero-order valence-electron chi connectivity index (χ0n) is 14.4. The highest BCUT2D eigenvalue weighted by Crippen LogP contribution is 2.53. The molecular formula is C21H25NO. The zero-order chi connectivity index (χ0) is 16.7. The second-order valence-corrected chi connectivity index (χ2v) is 7.72. The van der Waals surface area contributed by atoms with E-state index in [1.54, 1.807) is 0 Å². The van der Waals surface area contributed by atoms with Crippen LogP contribution in [0.3, 0.4) is 0 Å². The van der Waals surface area contributed by atoms with Gasteiger partial charge in [0.15, 0.2) is 5.78 Å². The summed E-state index contributed by atoms with van der Waals surface area (Å²) >= 11 is 0.